The highest BCUT2D eigenvalue weighted by molar-refractivity contribution is 5.85. The van der Waals surface area contributed by atoms with E-state index in [1.165, 1.54) is 24.3 Å². The minimum atomic E-state index is -0.816. The minimum Gasteiger partial charge on any atom is -0.309 e. The molecule has 0 spiro atoms. The van der Waals surface area contributed by atoms with E-state index in [0.29, 0.717) is 25.2 Å². The molecule has 30 heavy (non-hydrogen) atoms. The predicted molar refractivity (Wildman–Crippen MR) is 110 cm³/mol. The smallest absolute Gasteiger partial charge is 0.159 e. The summed E-state index contributed by atoms with van der Waals surface area (Å²) in [6.07, 6.45) is 2.03. The monoisotopic (exact) mass is 443 g/mol. The molecule has 2 atom stereocenters. The van der Waals surface area contributed by atoms with Crippen molar-refractivity contribution in [2.24, 2.45) is 0 Å². The molecule has 0 aliphatic carbocycles. The van der Waals surface area contributed by atoms with Crippen molar-refractivity contribution in [1.82, 2.24) is 15.1 Å². The van der Waals surface area contributed by atoms with Gasteiger partial charge in [0, 0.05) is 51.4 Å². The van der Waals surface area contributed by atoms with Gasteiger partial charge in [0.25, 0.3) is 0 Å². The van der Waals surface area contributed by atoms with Crippen LogP contribution in [0.4, 0.5) is 17.6 Å². The quantitative estimate of drug-likeness (QED) is 0.678. The van der Waals surface area contributed by atoms with E-state index in [9.17, 15) is 17.6 Å². The average Bonchev–Trinajstić information content (AvgIpc) is 3.31. The van der Waals surface area contributed by atoms with Gasteiger partial charge in [-0.3, -0.25) is 9.80 Å². The lowest BCUT2D eigenvalue weighted by molar-refractivity contribution is 0.300. The third-order valence-corrected chi connectivity index (χ3v) is 5.80. The lowest BCUT2D eigenvalue weighted by Crippen LogP contribution is -2.41. The second-order valence-electron chi connectivity index (χ2n) is 8.11. The Kier molecular flexibility index (Phi) is 7.74. The molecule has 0 saturated carbocycles. The molecule has 0 amide bonds. The van der Waals surface area contributed by atoms with Gasteiger partial charge in [-0.25, -0.2) is 17.6 Å². The van der Waals surface area contributed by atoms with Gasteiger partial charge in [-0.1, -0.05) is 12.1 Å². The van der Waals surface area contributed by atoms with Crippen LogP contribution < -0.4 is 5.32 Å². The Morgan fingerprint density at radius 1 is 0.700 bits per heavy atom. The Balaban J connectivity index is 0.00000256. The molecule has 3 nitrogen and oxygen atoms in total. The van der Waals surface area contributed by atoms with Crippen molar-refractivity contribution in [2.45, 2.75) is 38.0 Å². The molecule has 2 aromatic rings. The number of hydrogen-bond acceptors (Lipinski definition) is 3. The first-order chi connectivity index (χ1) is 14.0. The number of hydrogen-bond donors (Lipinski definition) is 1. The standard InChI is InChI=1S/C22H25F4N3.ClH/c23-19-3-1-15(9-21(19)25)11-28-7-5-17(13-28)27-18-6-8-29(14-18)12-16-2-4-20(24)22(26)10-16;/h1-4,9-10,17-18,27H,5-8,11-14H2;1H/t17-,18-;/m0./s1. The van der Waals surface area contributed by atoms with Crippen molar-refractivity contribution >= 4 is 12.4 Å². The zero-order valence-electron chi connectivity index (χ0n) is 16.6. The van der Waals surface area contributed by atoms with Crippen molar-refractivity contribution in [3.8, 4) is 0 Å². The van der Waals surface area contributed by atoms with E-state index in [2.05, 4.69) is 15.1 Å². The molecule has 2 heterocycles. The maximum Gasteiger partial charge on any atom is 0.159 e. The van der Waals surface area contributed by atoms with E-state index in [1.807, 2.05) is 0 Å². The fraction of sp³-hybridized carbons (Fsp3) is 0.455. The van der Waals surface area contributed by atoms with Crippen LogP contribution in [0.2, 0.25) is 0 Å². The molecule has 1 N–H and O–H groups in total. The van der Waals surface area contributed by atoms with Gasteiger partial charge in [0.1, 0.15) is 0 Å². The van der Waals surface area contributed by atoms with Crippen molar-refractivity contribution in [2.75, 3.05) is 26.2 Å². The number of nitrogens with one attached hydrogen (secondary N) is 1. The molecule has 2 aromatic carbocycles. The van der Waals surface area contributed by atoms with Crippen molar-refractivity contribution < 1.29 is 17.6 Å². The van der Waals surface area contributed by atoms with Crippen LogP contribution in [0.5, 0.6) is 0 Å². The first-order valence-corrected chi connectivity index (χ1v) is 10.0. The molecule has 8 heteroatoms. The molecule has 0 radical (unpaired) electrons. The Morgan fingerprint density at radius 3 is 1.53 bits per heavy atom. The van der Waals surface area contributed by atoms with Crippen LogP contribution in [0.15, 0.2) is 36.4 Å². The summed E-state index contributed by atoms with van der Waals surface area (Å²) in [7, 11) is 0. The molecule has 0 unspecified atom stereocenters. The maximum atomic E-state index is 13.4. The molecule has 2 fully saturated rings. The van der Waals surface area contributed by atoms with Crippen LogP contribution in [-0.2, 0) is 13.1 Å². The van der Waals surface area contributed by atoms with Gasteiger partial charge in [0.05, 0.1) is 0 Å². The van der Waals surface area contributed by atoms with E-state index < -0.39 is 23.3 Å². The molecule has 2 saturated heterocycles. The molecule has 0 aromatic heterocycles. The number of halogens is 5. The van der Waals surface area contributed by atoms with Crippen LogP contribution in [0, 0.1) is 23.3 Å². The van der Waals surface area contributed by atoms with Crippen LogP contribution >= 0.6 is 12.4 Å². The van der Waals surface area contributed by atoms with Crippen molar-refractivity contribution in [3.05, 3.63) is 70.8 Å². The fourth-order valence-electron chi connectivity index (χ4n) is 4.35. The first kappa shape index (κ1) is 23.0. The average molecular weight is 444 g/mol. The maximum absolute atomic E-state index is 13.4. The Hall–Kier alpha value is -1.67. The van der Waals surface area contributed by atoms with E-state index in [4.69, 9.17) is 0 Å². The molecular formula is C22H26ClF4N3. The summed E-state index contributed by atoms with van der Waals surface area (Å²) in [5, 5.41) is 3.70. The summed E-state index contributed by atoms with van der Waals surface area (Å²) in [4.78, 5) is 4.50. The van der Waals surface area contributed by atoms with Crippen molar-refractivity contribution in [3.63, 3.8) is 0 Å². The third kappa shape index (κ3) is 5.72. The summed E-state index contributed by atoms with van der Waals surface area (Å²) in [5.41, 5.74) is 1.56. The highest BCUT2D eigenvalue weighted by atomic mass is 35.5. The van der Waals surface area contributed by atoms with Crippen LogP contribution in [-0.4, -0.2) is 48.1 Å². The van der Waals surface area contributed by atoms with Crippen LogP contribution in [0.3, 0.4) is 0 Å². The number of nitrogens with zero attached hydrogens (tertiary/aromatic N) is 2. The number of likely N-dealkylation sites (tertiary alicyclic amines) is 2. The fourth-order valence-corrected chi connectivity index (χ4v) is 4.35. The summed E-state index contributed by atoms with van der Waals surface area (Å²) >= 11 is 0. The van der Waals surface area contributed by atoms with Gasteiger partial charge in [0.15, 0.2) is 23.3 Å². The largest absolute Gasteiger partial charge is 0.309 e. The number of benzene rings is 2. The minimum absolute atomic E-state index is 0. The first-order valence-electron chi connectivity index (χ1n) is 10.0. The van der Waals surface area contributed by atoms with Gasteiger partial charge in [-0.15, -0.1) is 12.4 Å². The van der Waals surface area contributed by atoms with Gasteiger partial charge in [0.2, 0.25) is 0 Å². The molecule has 2 aliphatic heterocycles. The van der Waals surface area contributed by atoms with Crippen molar-refractivity contribution in [1.29, 1.82) is 0 Å². The van der Waals surface area contributed by atoms with Crippen LogP contribution in [0.1, 0.15) is 24.0 Å². The lowest BCUT2D eigenvalue weighted by atomic mass is 10.2. The Morgan fingerprint density at radius 2 is 1.13 bits per heavy atom. The molecule has 0 bridgehead atoms. The van der Waals surface area contributed by atoms with E-state index >= 15 is 0 Å². The SMILES string of the molecule is Cl.Fc1ccc(CN2CC[C@H](N[C@H]3CCN(Cc4ccc(F)c(F)c4)C3)C2)cc1F. The van der Waals surface area contributed by atoms with E-state index in [-0.39, 0.29) is 12.4 Å². The summed E-state index contributed by atoms with van der Waals surface area (Å²) in [5.74, 6) is -3.24. The van der Waals surface area contributed by atoms with Gasteiger partial charge in [-0.05, 0) is 48.2 Å². The zero-order valence-corrected chi connectivity index (χ0v) is 17.4. The van der Waals surface area contributed by atoms with Gasteiger partial charge >= 0.3 is 0 Å². The lowest BCUT2D eigenvalue weighted by Gasteiger charge is -2.21. The summed E-state index contributed by atoms with van der Waals surface area (Å²) in [6, 6.07) is 8.89. The summed E-state index contributed by atoms with van der Waals surface area (Å²) in [6.45, 7) is 4.81. The normalized spacial score (nSPS) is 22.4. The summed E-state index contributed by atoms with van der Waals surface area (Å²) < 4.78 is 52.9. The second kappa shape index (κ2) is 10.1. The molecule has 2 aliphatic rings. The predicted octanol–water partition coefficient (Wildman–Crippen LogP) is 4.10. The number of rotatable bonds is 6. The second-order valence-corrected chi connectivity index (χ2v) is 8.11. The Bertz CT molecular complexity index is 797. The Labute approximate surface area is 180 Å². The van der Waals surface area contributed by atoms with Crippen LogP contribution in [0.25, 0.3) is 0 Å². The van der Waals surface area contributed by atoms with E-state index in [1.54, 1.807) is 12.1 Å². The van der Waals surface area contributed by atoms with Gasteiger partial charge < -0.3 is 5.32 Å². The molecular weight excluding hydrogens is 418 g/mol. The third-order valence-electron chi connectivity index (χ3n) is 5.80. The molecule has 164 valence electrons. The van der Waals surface area contributed by atoms with E-state index in [0.717, 1.165) is 50.1 Å². The van der Waals surface area contributed by atoms with Gasteiger partial charge in [-0.2, -0.15) is 0 Å². The highest BCUT2D eigenvalue weighted by Gasteiger charge is 2.28. The zero-order chi connectivity index (χ0) is 20.4. The molecule has 4 rings (SSSR count). The topological polar surface area (TPSA) is 18.5 Å². The highest BCUT2D eigenvalue weighted by Crippen LogP contribution is 2.19.